The van der Waals surface area contributed by atoms with Crippen LogP contribution in [0, 0.1) is 45.3 Å². The number of phosphoric acid groups is 1. The van der Waals surface area contributed by atoms with E-state index in [-0.39, 0.29) is 24.0 Å². The molecule has 0 fully saturated rings. The van der Waals surface area contributed by atoms with Gasteiger partial charge in [0.05, 0.1) is 84.6 Å². The smallest absolute Gasteiger partial charge is 0.165 e. The minimum Gasteiger partial charge on any atom is -1.00 e. The maximum absolute atomic E-state index is 8.55. The predicted octanol–water partition coefficient (Wildman–Crippen LogP) is -4.96. The van der Waals surface area contributed by atoms with Crippen molar-refractivity contribution in [2.45, 2.75) is 0 Å². The zero-order valence-electron chi connectivity index (χ0n) is 22.9. The van der Waals surface area contributed by atoms with Crippen LogP contribution in [0.25, 0.3) is 0 Å². The lowest BCUT2D eigenvalue weighted by Gasteiger charge is -2.36. The summed E-state index contributed by atoms with van der Waals surface area (Å²) in [6.07, 6.45) is 0. The summed E-state index contributed by atoms with van der Waals surface area (Å²) < 4.78 is 11.5. The fourth-order valence-corrected chi connectivity index (χ4v) is 0.849. The summed E-state index contributed by atoms with van der Waals surface area (Å²) in [6.45, 7) is 2.33. The van der Waals surface area contributed by atoms with E-state index in [1.54, 1.807) is 0 Å². The molecular weight excluding hydrogens is 574 g/mol. The molecule has 0 aromatic rings. The van der Waals surface area contributed by atoms with Gasteiger partial charge in [-0.15, -0.1) is 0 Å². The van der Waals surface area contributed by atoms with Gasteiger partial charge >= 0.3 is 0 Å². The minimum atomic E-state index is -5.39. The molecule has 0 aliphatic heterocycles. The van der Waals surface area contributed by atoms with E-state index < -0.39 is 7.82 Å². The number of nitrogens with zero attached hydrogens (tertiary/aromatic N) is 8. The van der Waals surface area contributed by atoms with Gasteiger partial charge in [0.2, 0.25) is 0 Å². The van der Waals surface area contributed by atoms with Gasteiger partial charge in [0.15, 0.2) is 26.2 Å². The summed E-state index contributed by atoms with van der Waals surface area (Å²) in [4.78, 5) is 25.6. The van der Waals surface area contributed by atoms with Crippen molar-refractivity contribution in [3.05, 3.63) is 0 Å². The third-order valence-electron chi connectivity index (χ3n) is 2.18. The normalized spacial score (nSPS) is 10.4. The van der Waals surface area contributed by atoms with E-state index in [0.717, 1.165) is 17.9 Å². The summed E-state index contributed by atoms with van der Waals surface area (Å²) in [5.74, 6) is 0. The second kappa shape index (κ2) is 22.1. The zero-order chi connectivity index (χ0) is 28.2. The summed E-state index contributed by atoms with van der Waals surface area (Å²) in [6, 6.07) is 8.32. The van der Waals surface area contributed by atoms with Gasteiger partial charge in [-0.2, -0.15) is 28.9 Å². The van der Waals surface area contributed by atoms with Crippen molar-refractivity contribution in [3.8, 4) is 24.3 Å². The molecule has 0 atom stereocenters. The molecule has 0 heterocycles. The van der Waals surface area contributed by atoms with Gasteiger partial charge in [0.25, 0.3) is 0 Å². The van der Waals surface area contributed by atoms with Gasteiger partial charge in [0.1, 0.15) is 24.3 Å². The molecule has 0 unspecified atom stereocenters. The Morgan fingerprint density at radius 3 is 0.588 bits per heavy atom. The minimum absolute atomic E-state index is 0. The standard InChI is InChI=1S/4C5H11N2.HI.H3O4P/c4*1-7(2,3)5-4-6;;1-5(2,3)4/h4*5H2,1-3H3;1H;(H3,1,2,3,4)/q4*+1;;/p-4. The molecule has 0 radical (unpaired) electrons. The van der Waals surface area contributed by atoms with E-state index in [2.05, 4.69) is 24.3 Å². The molecule has 0 aliphatic carbocycles. The maximum atomic E-state index is 8.55. The van der Waals surface area contributed by atoms with Crippen LogP contribution in [0.2, 0.25) is 0 Å². The highest BCUT2D eigenvalue weighted by atomic mass is 127. The van der Waals surface area contributed by atoms with Crippen LogP contribution in [-0.4, -0.2) is 129 Å². The summed E-state index contributed by atoms with van der Waals surface area (Å²) in [5, 5.41) is 32.5. The van der Waals surface area contributed by atoms with Crippen LogP contribution >= 0.6 is 7.82 Å². The lowest BCUT2D eigenvalue weighted by Crippen LogP contribution is -3.00. The summed E-state index contributed by atoms with van der Waals surface area (Å²) in [5.41, 5.74) is 0. The van der Waals surface area contributed by atoms with Crippen molar-refractivity contribution in [1.82, 2.24) is 0 Å². The van der Waals surface area contributed by atoms with Gasteiger partial charge in [-0.25, -0.2) is 0 Å². The topological polar surface area (TPSA) is 181 Å². The largest absolute Gasteiger partial charge is 1.00 e. The Balaban J connectivity index is -0.0000000719. The number of hydrogen-bond donors (Lipinski definition) is 0. The van der Waals surface area contributed by atoms with Crippen molar-refractivity contribution in [1.29, 1.82) is 21.0 Å². The lowest BCUT2D eigenvalue weighted by molar-refractivity contribution is -0.863. The SMILES string of the molecule is C[N+](C)(C)CC#N.C[N+](C)(C)CC#N.C[N+](C)(C)CC#N.C[N+](C)(C)CC#N.O=P([O-])([O-])[O-].[I-]. The molecule has 0 aromatic carbocycles. The van der Waals surface area contributed by atoms with Crippen LogP contribution in [0.5, 0.6) is 0 Å². The third-order valence-corrected chi connectivity index (χ3v) is 2.18. The average molecular weight is 619 g/mol. The molecular formula is C20H44IN8O4P. The van der Waals surface area contributed by atoms with Crippen molar-refractivity contribution in [3.63, 3.8) is 0 Å². The first kappa shape index (κ1) is 46.0. The van der Waals surface area contributed by atoms with Crippen LogP contribution in [0.1, 0.15) is 0 Å². The van der Waals surface area contributed by atoms with E-state index in [1.165, 1.54) is 0 Å². The van der Waals surface area contributed by atoms with Crippen LogP contribution in [-0.2, 0) is 4.57 Å². The molecule has 34 heavy (non-hydrogen) atoms. The highest BCUT2D eigenvalue weighted by molar-refractivity contribution is 7.40. The van der Waals surface area contributed by atoms with E-state index in [1.807, 2.05) is 84.6 Å². The van der Waals surface area contributed by atoms with E-state index in [0.29, 0.717) is 26.2 Å². The Morgan fingerprint density at radius 1 is 0.500 bits per heavy atom. The van der Waals surface area contributed by atoms with E-state index >= 15 is 0 Å². The number of nitriles is 4. The van der Waals surface area contributed by atoms with Crippen molar-refractivity contribution in [2.24, 2.45) is 0 Å². The predicted molar refractivity (Wildman–Crippen MR) is 122 cm³/mol. The quantitative estimate of drug-likeness (QED) is 0.130. The summed E-state index contributed by atoms with van der Waals surface area (Å²) >= 11 is 0. The maximum Gasteiger partial charge on any atom is 0.165 e. The fourth-order valence-electron chi connectivity index (χ4n) is 0.849. The Hall–Kier alpha value is -1.36. The molecule has 0 rings (SSSR count). The van der Waals surface area contributed by atoms with Crippen LogP contribution in [0.15, 0.2) is 0 Å². The van der Waals surface area contributed by atoms with E-state index in [4.69, 9.17) is 40.3 Å². The molecule has 0 amide bonds. The number of rotatable bonds is 4. The number of quaternary nitrogens is 4. The zero-order valence-corrected chi connectivity index (χ0v) is 25.9. The summed E-state index contributed by atoms with van der Waals surface area (Å²) in [7, 11) is 18.5. The first-order valence-electron chi connectivity index (χ1n) is 9.67. The Morgan fingerprint density at radius 2 is 0.588 bits per heavy atom. The Kier molecular flexibility index (Phi) is 30.0. The molecule has 200 valence electrons. The lowest BCUT2D eigenvalue weighted by atomic mass is 10.6. The van der Waals surface area contributed by atoms with Crippen molar-refractivity contribution >= 4 is 7.82 Å². The van der Waals surface area contributed by atoms with Crippen molar-refractivity contribution in [2.75, 3.05) is 111 Å². The van der Waals surface area contributed by atoms with Crippen LogP contribution < -0.4 is 38.7 Å². The van der Waals surface area contributed by atoms with Crippen LogP contribution in [0.4, 0.5) is 0 Å². The van der Waals surface area contributed by atoms with Gasteiger partial charge < -0.3 is 61.2 Å². The second-order valence-electron chi connectivity index (χ2n) is 10.9. The second-order valence-corrected chi connectivity index (χ2v) is 11.8. The molecule has 0 aliphatic rings. The Labute approximate surface area is 224 Å². The highest BCUT2D eigenvalue weighted by Gasteiger charge is 2.03. The average Bonchev–Trinajstić information content (AvgIpc) is 2.41. The molecule has 0 bridgehead atoms. The van der Waals surface area contributed by atoms with Gasteiger partial charge in [-0.1, -0.05) is 0 Å². The first-order valence-corrected chi connectivity index (χ1v) is 11.1. The molecule has 0 saturated heterocycles. The van der Waals surface area contributed by atoms with Gasteiger partial charge in [-0.05, 0) is 0 Å². The third kappa shape index (κ3) is 126. The van der Waals surface area contributed by atoms with Crippen LogP contribution in [0.3, 0.4) is 0 Å². The van der Waals surface area contributed by atoms with Crippen molar-refractivity contribution < 1.29 is 61.2 Å². The molecule has 0 spiro atoms. The molecule has 12 nitrogen and oxygen atoms in total. The molecule has 0 N–H and O–H groups in total. The van der Waals surface area contributed by atoms with E-state index in [9.17, 15) is 0 Å². The Bertz CT molecular complexity index is 593. The number of halogens is 1. The monoisotopic (exact) mass is 618 g/mol. The first-order chi connectivity index (χ1) is 14.2. The molecule has 14 heteroatoms. The number of hydrogen-bond acceptors (Lipinski definition) is 8. The van der Waals surface area contributed by atoms with Gasteiger partial charge in [-0.3, -0.25) is 0 Å². The highest BCUT2D eigenvalue weighted by Crippen LogP contribution is 2.03. The molecule has 0 saturated carbocycles. The fraction of sp³-hybridized carbons (Fsp3) is 0.800. The molecule has 0 aromatic heterocycles. The van der Waals surface area contributed by atoms with Gasteiger partial charge in [0, 0.05) is 0 Å².